The van der Waals surface area contributed by atoms with Crippen LogP contribution in [0.15, 0.2) is 0 Å². The Labute approximate surface area is 84.8 Å². The maximum atomic E-state index is 10.6. The fraction of sp³-hybridized carbons (Fsp3) is 0.900. The highest BCUT2D eigenvalue weighted by Crippen LogP contribution is 2.19. The molecule has 1 rings (SSSR count). The van der Waals surface area contributed by atoms with E-state index >= 15 is 0 Å². The normalized spacial score (nSPS) is 29.4. The molecule has 0 bridgehead atoms. The van der Waals surface area contributed by atoms with Gasteiger partial charge in [-0.15, -0.1) is 0 Å². The summed E-state index contributed by atoms with van der Waals surface area (Å²) < 4.78 is 5.42. The fourth-order valence-corrected chi connectivity index (χ4v) is 1.90. The van der Waals surface area contributed by atoms with Crippen LogP contribution < -0.4 is 0 Å². The lowest BCUT2D eigenvalue weighted by molar-refractivity contribution is -0.141. The van der Waals surface area contributed by atoms with Gasteiger partial charge in [0.25, 0.3) is 0 Å². The van der Waals surface area contributed by atoms with Crippen molar-refractivity contribution in [3.05, 3.63) is 0 Å². The summed E-state index contributed by atoms with van der Waals surface area (Å²) in [7, 11) is 1.99. The molecule has 1 saturated heterocycles. The molecule has 0 spiro atoms. The van der Waals surface area contributed by atoms with Crippen molar-refractivity contribution < 1.29 is 14.6 Å². The number of likely N-dealkylation sites (N-methyl/N-ethyl adjacent to an activating group) is 1. The van der Waals surface area contributed by atoms with Gasteiger partial charge in [-0.3, -0.25) is 9.69 Å². The molecule has 4 heteroatoms. The summed E-state index contributed by atoms with van der Waals surface area (Å²) >= 11 is 0. The molecule has 1 fully saturated rings. The van der Waals surface area contributed by atoms with Gasteiger partial charge in [-0.05, 0) is 13.0 Å². The number of morpholine rings is 1. The Morgan fingerprint density at radius 2 is 2.21 bits per heavy atom. The van der Waals surface area contributed by atoms with Crippen molar-refractivity contribution in [1.29, 1.82) is 0 Å². The van der Waals surface area contributed by atoms with Crippen LogP contribution in [0.3, 0.4) is 0 Å². The Morgan fingerprint density at radius 1 is 1.57 bits per heavy atom. The molecule has 0 amide bonds. The fourth-order valence-electron chi connectivity index (χ4n) is 1.90. The standard InChI is InChI=1S/C10H19NO3/c1-7(2)9-6-14-5-8(11(9)3)4-10(12)13/h7-9H,4-6H2,1-3H3,(H,12,13). The topological polar surface area (TPSA) is 49.8 Å². The van der Waals surface area contributed by atoms with Crippen LogP contribution in [0, 0.1) is 5.92 Å². The second-order valence-corrected chi connectivity index (χ2v) is 4.27. The average molecular weight is 201 g/mol. The third kappa shape index (κ3) is 2.69. The molecule has 0 aliphatic carbocycles. The molecule has 2 atom stereocenters. The van der Waals surface area contributed by atoms with Gasteiger partial charge in [-0.2, -0.15) is 0 Å². The SMILES string of the molecule is CC(C)C1COCC(CC(=O)O)N1C. The molecule has 1 aliphatic heterocycles. The molecule has 4 nitrogen and oxygen atoms in total. The number of hydrogen-bond donors (Lipinski definition) is 1. The van der Waals surface area contributed by atoms with Gasteiger partial charge in [0, 0.05) is 12.1 Å². The minimum absolute atomic E-state index is 0.0219. The molecule has 0 aromatic carbocycles. The van der Waals surface area contributed by atoms with Gasteiger partial charge in [-0.25, -0.2) is 0 Å². The van der Waals surface area contributed by atoms with Gasteiger partial charge in [0.2, 0.25) is 0 Å². The van der Waals surface area contributed by atoms with E-state index < -0.39 is 5.97 Å². The zero-order valence-electron chi connectivity index (χ0n) is 9.06. The van der Waals surface area contributed by atoms with Crippen molar-refractivity contribution >= 4 is 5.97 Å². The van der Waals surface area contributed by atoms with Gasteiger partial charge in [-0.1, -0.05) is 13.8 Å². The Balaban J connectivity index is 2.56. The van der Waals surface area contributed by atoms with E-state index in [1.165, 1.54) is 0 Å². The first kappa shape index (κ1) is 11.5. The molecule has 0 radical (unpaired) electrons. The molecule has 14 heavy (non-hydrogen) atoms. The van der Waals surface area contributed by atoms with Gasteiger partial charge in [0.1, 0.15) is 0 Å². The highest BCUT2D eigenvalue weighted by atomic mass is 16.5. The van der Waals surface area contributed by atoms with Crippen LogP contribution in [-0.4, -0.2) is 48.3 Å². The van der Waals surface area contributed by atoms with Crippen molar-refractivity contribution in [1.82, 2.24) is 4.90 Å². The summed E-state index contributed by atoms with van der Waals surface area (Å²) in [5, 5.41) is 8.73. The third-order valence-corrected chi connectivity index (χ3v) is 2.88. The molecule has 1 heterocycles. The first-order valence-corrected chi connectivity index (χ1v) is 5.04. The van der Waals surface area contributed by atoms with E-state index in [1.54, 1.807) is 0 Å². The molecule has 0 aromatic heterocycles. The van der Waals surface area contributed by atoms with E-state index in [-0.39, 0.29) is 12.5 Å². The number of ether oxygens (including phenoxy) is 1. The Kier molecular flexibility index (Phi) is 3.89. The second kappa shape index (κ2) is 4.75. The summed E-state index contributed by atoms with van der Waals surface area (Å²) in [5.74, 6) is -0.258. The predicted octanol–water partition coefficient (Wildman–Crippen LogP) is 0.816. The summed E-state index contributed by atoms with van der Waals surface area (Å²) in [4.78, 5) is 12.7. The maximum Gasteiger partial charge on any atom is 0.305 e. The van der Waals surface area contributed by atoms with Crippen molar-refractivity contribution in [2.75, 3.05) is 20.3 Å². The number of carboxylic acid groups (broad SMARTS) is 1. The Morgan fingerprint density at radius 3 is 2.71 bits per heavy atom. The predicted molar refractivity (Wildman–Crippen MR) is 53.2 cm³/mol. The van der Waals surface area contributed by atoms with Crippen molar-refractivity contribution in [2.24, 2.45) is 5.92 Å². The van der Waals surface area contributed by atoms with Crippen LogP contribution in [0.2, 0.25) is 0 Å². The van der Waals surface area contributed by atoms with E-state index in [0.717, 1.165) is 0 Å². The number of hydrogen-bond acceptors (Lipinski definition) is 3. The minimum Gasteiger partial charge on any atom is -0.481 e. The number of aliphatic carboxylic acids is 1. The average Bonchev–Trinajstić information content (AvgIpc) is 2.07. The number of carboxylic acids is 1. The highest BCUT2D eigenvalue weighted by Gasteiger charge is 2.31. The summed E-state index contributed by atoms with van der Waals surface area (Å²) in [5.41, 5.74) is 0. The van der Waals surface area contributed by atoms with Crippen LogP contribution in [-0.2, 0) is 9.53 Å². The van der Waals surface area contributed by atoms with Gasteiger partial charge >= 0.3 is 5.97 Å². The van der Waals surface area contributed by atoms with Crippen LogP contribution in [0.4, 0.5) is 0 Å². The van der Waals surface area contributed by atoms with Crippen molar-refractivity contribution in [2.45, 2.75) is 32.4 Å². The highest BCUT2D eigenvalue weighted by molar-refractivity contribution is 5.67. The molecule has 0 saturated carbocycles. The van der Waals surface area contributed by atoms with Crippen molar-refractivity contribution in [3.63, 3.8) is 0 Å². The van der Waals surface area contributed by atoms with Gasteiger partial charge in [0.05, 0.1) is 19.6 Å². The summed E-state index contributed by atoms with van der Waals surface area (Å²) in [6.45, 7) is 5.51. The smallest absolute Gasteiger partial charge is 0.305 e. The maximum absolute atomic E-state index is 10.6. The Bertz CT molecular complexity index is 206. The first-order valence-electron chi connectivity index (χ1n) is 5.04. The van der Waals surface area contributed by atoms with E-state index in [0.29, 0.717) is 25.2 Å². The zero-order chi connectivity index (χ0) is 10.7. The second-order valence-electron chi connectivity index (χ2n) is 4.27. The van der Waals surface area contributed by atoms with Gasteiger partial charge in [0.15, 0.2) is 0 Å². The van der Waals surface area contributed by atoms with E-state index in [4.69, 9.17) is 9.84 Å². The van der Waals surface area contributed by atoms with Crippen LogP contribution >= 0.6 is 0 Å². The van der Waals surface area contributed by atoms with E-state index in [2.05, 4.69) is 18.7 Å². The van der Waals surface area contributed by atoms with Crippen LogP contribution in [0.5, 0.6) is 0 Å². The van der Waals surface area contributed by atoms with Crippen LogP contribution in [0.1, 0.15) is 20.3 Å². The molecule has 2 unspecified atom stereocenters. The van der Waals surface area contributed by atoms with Gasteiger partial charge < -0.3 is 9.84 Å². The lowest BCUT2D eigenvalue weighted by Gasteiger charge is -2.40. The minimum atomic E-state index is -0.755. The van der Waals surface area contributed by atoms with Crippen LogP contribution in [0.25, 0.3) is 0 Å². The third-order valence-electron chi connectivity index (χ3n) is 2.88. The monoisotopic (exact) mass is 201 g/mol. The lowest BCUT2D eigenvalue weighted by atomic mass is 9.99. The molecule has 82 valence electrons. The van der Waals surface area contributed by atoms with E-state index in [1.807, 2.05) is 7.05 Å². The quantitative estimate of drug-likeness (QED) is 0.734. The van der Waals surface area contributed by atoms with E-state index in [9.17, 15) is 4.79 Å². The number of nitrogens with zero attached hydrogens (tertiary/aromatic N) is 1. The largest absolute Gasteiger partial charge is 0.481 e. The molecule has 1 N–H and O–H groups in total. The van der Waals surface area contributed by atoms with Crippen molar-refractivity contribution in [3.8, 4) is 0 Å². The summed E-state index contributed by atoms with van der Waals surface area (Å²) in [6.07, 6.45) is 0.166. The first-order chi connectivity index (χ1) is 6.52. The molecular weight excluding hydrogens is 182 g/mol. The molecular formula is C10H19NO3. The zero-order valence-corrected chi connectivity index (χ0v) is 9.06. The molecule has 0 aromatic rings. The Hall–Kier alpha value is -0.610. The summed E-state index contributed by atoms with van der Waals surface area (Å²) in [6, 6.07) is 0.363. The molecule has 1 aliphatic rings. The number of rotatable bonds is 3. The number of carbonyl (C=O) groups is 1. The lowest BCUT2D eigenvalue weighted by Crippen LogP contribution is -2.52.